The molecule has 0 aliphatic rings. The second kappa shape index (κ2) is 6.90. The summed E-state index contributed by atoms with van der Waals surface area (Å²) in [5, 5.41) is 12.7. The van der Waals surface area contributed by atoms with Crippen molar-refractivity contribution in [1.82, 2.24) is 10.3 Å². The molecular formula is C16H20N2O. The first-order valence-electron chi connectivity index (χ1n) is 6.64. The minimum atomic E-state index is 0.326. The molecule has 2 aromatic rings. The molecule has 1 aromatic heterocycles. The summed E-state index contributed by atoms with van der Waals surface area (Å²) in [6, 6.07) is 12.0. The molecule has 2 rings (SSSR count). The summed E-state index contributed by atoms with van der Waals surface area (Å²) < 4.78 is 0. The Morgan fingerprint density at radius 1 is 1.05 bits per heavy atom. The molecule has 0 saturated carbocycles. The molecule has 1 heterocycles. The number of benzene rings is 1. The van der Waals surface area contributed by atoms with Crippen molar-refractivity contribution in [3.63, 3.8) is 0 Å². The molecule has 0 radical (unpaired) electrons. The van der Waals surface area contributed by atoms with Crippen LogP contribution >= 0.6 is 0 Å². The van der Waals surface area contributed by atoms with Gasteiger partial charge in [-0.25, -0.2) is 0 Å². The number of hydrogen-bond donors (Lipinski definition) is 2. The summed E-state index contributed by atoms with van der Waals surface area (Å²) in [7, 11) is 0. The van der Waals surface area contributed by atoms with Crippen LogP contribution in [0.1, 0.15) is 24.5 Å². The highest BCUT2D eigenvalue weighted by molar-refractivity contribution is 5.25. The van der Waals surface area contributed by atoms with Crippen LogP contribution in [0.15, 0.2) is 48.8 Å². The van der Waals surface area contributed by atoms with Crippen LogP contribution < -0.4 is 5.32 Å². The Morgan fingerprint density at radius 3 is 2.42 bits per heavy atom. The molecule has 3 nitrogen and oxygen atoms in total. The van der Waals surface area contributed by atoms with Crippen LogP contribution in [0.2, 0.25) is 0 Å². The maximum atomic E-state index is 9.23. The average Bonchev–Trinajstić information content (AvgIpc) is 2.45. The van der Waals surface area contributed by atoms with Crippen LogP contribution in [0, 0.1) is 0 Å². The van der Waals surface area contributed by atoms with Gasteiger partial charge in [-0.05, 0) is 55.2 Å². The number of aryl methyl sites for hydroxylation is 1. The predicted molar refractivity (Wildman–Crippen MR) is 77.0 cm³/mol. The number of rotatable bonds is 6. The first kappa shape index (κ1) is 13.6. The minimum absolute atomic E-state index is 0.326. The lowest BCUT2D eigenvalue weighted by Gasteiger charge is -2.13. The minimum Gasteiger partial charge on any atom is -0.508 e. The number of hydrogen-bond acceptors (Lipinski definition) is 3. The van der Waals surface area contributed by atoms with Gasteiger partial charge < -0.3 is 10.4 Å². The van der Waals surface area contributed by atoms with E-state index < -0.39 is 0 Å². The van der Waals surface area contributed by atoms with E-state index in [4.69, 9.17) is 0 Å². The molecule has 0 fully saturated rings. The fraction of sp³-hybridized carbons (Fsp3) is 0.312. The first-order valence-corrected chi connectivity index (χ1v) is 6.64. The summed E-state index contributed by atoms with van der Waals surface area (Å²) in [6.45, 7) is 3.07. The van der Waals surface area contributed by atoms with Crippen molar-refractivity contribution in [2.24, 2.45) is 0 Å². The van der Waals surface area contributed by atoms with Gasteiger partial charge in [0.05, 0.1) is 0 Å². The van der Waals surface area contributed by atoms with Crippen molar-refractivity contribution in [1.29, 1.82) is 0 Å². The number of pyridine rings is 1. The molecule has 0 unspecified atom stereocenters. The Morgan fingerprint density at radius 2 is 1.74 bits per heavy atom. The standard InChI is InChI=1S/C16H20N2O/c1-13(18-12-15-8-10-17-11-9-15)2-3-14-4-6-16(19)7-5-14/h4-11,13,18-19H,2-3,12H2,1H3/t13-/m0/s1. The zero-order chi connectivity index (χ0) is 13.5. The molecule has 2 N–H and O–H groups in total. The van der Waals surface area contributed by atoms with Gasteiger partial charge in [0.2, 0.25) is 0 Å². The summed E-state index contributed by atoms with van der Waals surface area (Å²) >= 11 is 0. The van der Waals surface area contributed by atoms with E-state index in [-0.39, 0.29) is 0 Å². The van der Waals surface area contributed by atoms with Crippen molar-refractivity contribution in [3.05, 3.63) is 59.9 Å². The first-order chi connectivity index (χ1) is 9.24. The Balaban J connectivity index is 1.72. The van der Waals surface area contributed by atoms with Gasteiger partial charge in [-0.2, -0.15) is 0 Å². The summed E-state index contributed by atoms with van der Waals surface area (Å²) in [6.07, 6.45) is 5.73. The van der Waals surface area contributed by atoms with E-state index in [2.05, 4.69) is 17.2 Å². The molecule has 100 valence electrons. The zero-order valence-electron chi connectivity index (χ0n) is 11.2. The highest BCUT2D eigenvalue weighted by Crippen LogP contribution is 2.12. The number of aromatic nitrogens is 1. The third-order valence-corrected chi connectivity index (χ3v) is 3.21. The number of phenolic OH excluding ortho intramolecular Hbond substituents is 1. The maximum absolute atomic E-state index is 9.23. The summed E-state index contributed by atoms with van der Waals surface area (Å²) in [5.74, 6) is 0.326. The molecule has 3 heteroatoms. The van der Waals surface area contributed by atoms with E-state index in [0.29, 0.717) is 11.8 Å². The van der Waals surface area contributed by atoms with E-state index in [1.54, 1.807) is 12.1 Å². The Bertz CT molecular complexity index is 482. The highest BCUT2D eigenvalue weighted by Gasteiger charge is 2.02. The van der Waals surface area contributed by atoms with Gasteiger partial charge in [0.25, 0.3) is 0 Å². The average molecular weight is 256 g/mol. The van der Waals surface area contributed by atoms with Crippen molar-refractivity contribution in [2.75, 3.05) is 0 Å². The van der Waals surface area contributed by atoms with Crippen molar-refractivity contribution in [3.8, 4) is 5.75 Å². The Labute approximate surface area is 114 Å². The number of nitrogens with zero attached hydrogens (tertiary/aromatic N) is 1. The van der Waals surface area contributed by atoms with Crippen LogP contribution in [-0.2, 0) is 13.0 Å². The van der Waals surface area contributed by atoms with Crippen molar-refractivity contribution < 1.29 is 5.11 Å². The molecule has 0 saturated heterocycles. The number of phenols is 1. The van der Waals surface area contributed by atoms with Gasteiger partial charge in [-0.15, -0.1) is 0 Å². The normalized spacial score (nSPS) is 12.3. The van der Waals surface area contributed by atoms with Crippen LogP contribution in [0.25, 0.3) is 0 Å². The van der Waals surface area contributed by atoms with Gasteiger partial charge in [0, 0.05) is 25.0 Å². The van der Waals surface area contributed by atoms with Gasteiger partial charge in [-0.1, -0.05) is 12.1 Å². The lowest BCUT2D eigenvalue weighted by atomic mass is 10.1. The largest absolute Gasteiger partial charge is 0.508 e. The van der Waals surface area contributed by atoms with Crippen molar-refractivity contribution in [2.45, 2.75) is 32.4 Å². The lowest BCUT2D eigenvalue weighted by Crippen LogP contribution is -2.25. The van der Waals surface area contributed by atoms with E-state index in [0.717, 1.165) is 19.4 Å². The summed E-state index contributed by atoms with van der Waals surface area (Å²) in [5.41, 5.74) is 2.52. The topological polar surface area (TPSA) is 45.1 Å². The highest BCUT2D eigenvalue weighted by atomic mass is 16.3. The van der Waals surface area contributed by atoms with Crippen molar-refractivity contribution >= 4 is 0 Å². The van der Waals surface area contributed by atoms with Gasteiger partial charge in [-0.3, -0.25) is 4.98 Å². The van der Waals surface area contributed by atoms with Gasteiger partial charge in [0.1, 0.15) is 5.75 Å². The monoisotopic (exact) mass is 256 g/mol. The second-order valence-electron chi connectivity index (χ2n) is 4.84. The molecule has 0 bridgehead atoms. The molecule has 0 amide bonds. The maximum Gasteiger partial charge on any atom is 0.115 e. The smallest absolute Gasteiger partial charge is 0.115 e. The number of aromatic hydroxyl groups is 1. The van der Waals surface area contributed by atoms with Gasteiger partial charge >= 0.3 is 0 Å². The number of nitrogens with one attached hydrogen (secondary N) is 1. The molecule has 0 spiro atoms. The Kier molecular flexibility index (Phi) is 4.93. The van der Waals surface area contributed by atoms with Crippen LogP contribution in [-0.4, -0.2) is 16.1 Å². The van der Waals surface area contributed by atoms with E-state index in [1.165, 1.54) is 11.1 Å². The molecule has 0 aliphatic heterocycles. The van der Waals surface area contributed by atoms with E-state index in [9.17, 15) is 5.11 Å². The van der Waals surface area contributed by atoms with E-state index >= 15 is 0 Å². The predicted octanol–water partition coefficient (Wildman–Crippen LogP) is 2.90. The summed E-state index contributed by atoms with van der Waals surface area (Å²) in [4.78, 5) is 4.01. The molecular weight excluding hydrogens is 236 g/mol. The fourth-order valence-corrected chi connectivity index (χ4v) is 1.94. The third-order valence-electron chi connectivity index (χ3n) is 3.21. The fourth-order valence-electron chi connectivity index (χ4n) is 1.94. The van der Waals surface area contributed by atoms with Crippen LogP contribution in [0.5, 0.6) is 5.75 Å². The van der Waals surface area contributed by atoms with Gasteiger partial charge in [0.15, 0.2) is 0 Å². The molecule has 0 aliphatic carbocycles. The second-order valence-corrected chi connectivity index (χ2v) is 4.84. The quantitative estimate of drug-likeness (QED) is 0.835. The molecule has 1 atom stereocenters. The van der Waals surface area contributed by atoms with E-state index in [1.807, 2.05) is 36.7 Å². The molecule has 19 heavy (non-hydrogen) atoms. The molecule has 1 aromatic carbocycles. The zero-order valence-corrected chi connectivity index (χ0v) is 11.2. The SMILES string of the molecule is C[C@@H](CCc1ccc(O)cc1)NCc1ccncc1. The third kappa shape index (κ3) is 4.72. The lowest BCUT2D eigenvalue weighted by molar-refractivity contribution is 0.474. The van der Waals surface area contributed by atoms with Crippen LogP contribution in [0.4, 0.5) is 0 Å². The van der Waals surface area contributed by atoms with Crippen LogP contribution in [0.3, 0.4) is 0 Å². The Hall–Kier alpha value is -1.87.